The third-order valence-corrected chi connectivity index (χ3v) is 25.1. The summed E-state index contributed by atoms with van der Waals surface area (Å²) in [6.07, 6.45) is 5.37. The van der Waals surface area contributed by atoms with Gasteiger partial charge < -0.3 is 91.1 Å². The molecule has 2 unspecified atom stereocenters. The fraction of sp³-hybridized carbons (Fsp3) is 0.473. The van der Waals surface area contributed by atoms with Crippen LogP contribution < -0.4 is 62.6 Å². The molecule has 8 atom stereocenters. The van der Waals surface area contributed by atoms with Crippen molar-refractivity contribution in [1.82, 2.24) is 63.0 Å². The number of carbonyl (C=O) groups is 14. The van der Waals surface area contributed by atoms with E-state index in [2.05, 4.69) is 67.0 Å². The van der Waals surface area contributed by atoms with Crippen molar-refractivity contribution in [2.24, 2.45) is 11.8 Å². The van der Waals surface area contributed by atoms with Gasteiger partial charge in [0.05, 0.1) is 37.6 Å². The molecule has 772 valence electrons. The van der Waals surface area contributed by atoms with Gasteiger partial charge in [-0.05, 0) is 176 Å². The van der Waals surface area contributed by atoms with Gasteiger partial charge in [-0.2, -0.15) is 0 Å². The zero-order chi connectivity index (χ0) is 104. The lowest BCUT2D eigenvalue weighted by molar-refractivity contribution is -0.132. The van der Waals surface area contributed by atoms with Gasteiger partial charge in [0.15, 0.2) is 0 Å². The summed E-state index contributed by atoms with van der Waals surface area (Å²) in [5, 5.41) is 31.1. The number of hydrogen-bond donors (Lipinski definition) is 10. The molecule has 0 fully saturated rings. The van der Waals surface area contributed by atoms with Crippen LogP contribution in [0.5, 0.6) is 11.5 Å². The van der Waals surface area contributed by atoms with Crippen molar-refractivity contribution in [2.45, 2.75) is 246 Å². The highest BCUT2D eigenvalue weighted by Gasteiger charge is 2.42. The Balaban J connectivity index is 0.778. The fourth-order valence-electron chi connectivity index (χ4n) is 17.6. The molecule has 2 aliphatic rings. The largest absolute Gasteiger partial charge is 0.490 e. The van der Waals surface area contributed by atoms with Crippen LogP contribution in [-0.4, -0.2) is 220 Å². The maximum atomic E-state index is 15.4. The van der Waals surface area contributed by atoms with Gasteiger partial charge in [0, 0.05) is 95.6 Å². The number of benzene rings is 9. The lowest BCUT2D eigenvalue weighted by Gasteiger charge is -2.33. The minimum atomic E-state index is -1.24. The second kappa shape index (κ2) is 53.9. The first kappa shape index (κ1) is 110. The maximum Gasteiger partial charge on any atom is 0.408 e. The highest BCUT2D eigenvalue weighted by Crippen LogP contribution is 2.52. The molecule has 14 amide bonds. The molecule has 144 heavy (non-hydrogen) atoms. The van der Waals surface area contributed by atoms with Crippen LogP contribution in [-0.2, 0) is 83.2 Å². The number of amides is 14. The van der Waals surface area contributed by atoms with E-state index in [9.17, 15) is 47.9 Å². The van der Waals surface area contributed by atoms with Gasteiger partial charge in [-0.15, -0.1) is 0 Å². The van der Waals surface area contributed by atoms with Crippen molar-refractivity contribution in [1.29, 1.82) is 0 Å². The van der Waals surface area contributed by atoms with Gasteiger partial charge in [0.1, 0.15) is 85.4 Å². The Morgan fingerprint density at radius 3 is 1.02 bits per heavy atom. The molecule has 0 aromatic heterocycles. The molecular formula is C110H140N12O22. The van der Waals surface area contributed by atoms with Crippen molar-refractivity contribution >= 4 is 127 Å². The first-order chi connectivity index (χ1) is 69.2. The summed E-state index contributed by atoms with van der Waals surface area (Å²) in [6.45, 7) is 21.7. The van der Waals surface area contributed by atoms with Crippen LogP contribution in [0.2, 0.25) is 0 Å². The van der Waals surface area contributed by atoms with E-state index >= 15 is 19.2 Å². The number of unbranched alkanes of at least 4 members (excludes halogenated alkanes) is 4. The monoisotopic (exact) mass is 1980 g/mol. The Morgan fingerprint density at radius 2 is 0.674 bits per heavy atom. The van der Waals surface area contributed by atoms with E-state index in [4.69, 9.17) is 37.9 Å². The second-order valence-corrected chi connectivity index (χ2v) is 38.5. The molecule has 10 N–H and O–H groups in total. The number of nitrogens with one attached hydrogen (secondary N) is 10. The number of hydrogen-bond acceptors (Lipinski definition) is 22. The van der Waals surface area contributed by atoms with Crippen molar-refractivity contribution in [3.63, 3.8) is 0 Å². The van der Waals surface area contributed by atoms with Gasteiger partial charge >= 0.3 is 24.4 Å². The van der Waals surface area contributed by atoms with E-state index in [1.807, 2.05) is 74.5 Å². The number of carbonyl (C=O) groups excluding carboxylic acids is 14. The lowest BCUT2D eigenvalue weighted by atomic mass is 9.81. The number of ether oxygens (including phenoxy) is 8. The Bertz CT molecular complexity index is 5560. The van der Waals surface area contributed by atoms with Crippen molar-refractivity contribution < 1.29 is 105 Å². The number of fused-ring (bicyclic) bond motifs is 2. The summed E-state index contributed by atoms with van der Waals surface area (Å²) >= 11 is 0. The smallest absolute Gasteiger partial charge is 0.408 e. The third kappa shape index (κ3) is 31.5. The minimum Gasteiger partial charge on any atom is -0.490 e. The summed E-state index contributed by atoms with van der Waals surface area (Å²) in [6, 6.07) is 39.5. The van der Waals surface area contributed by atoms with Crippen LogP contribution in [0, 0.1) is 11.8 Å². The molecule has 34 heteroatoms. The van der Waals surface area contributed by atoms with E-state index in [1.54, 1.807) is 139 Å². The maximum absolute atomic E-state index is 15.4. The third-order valence-electron chi connectivity index (χ3n) is 25.1. The highest BCUT2D eigenvalue weighted by molar-refractivity contribution is 6.43. The zero-order valence-corrected chi connectivity index (χ0v) is 84.7. The van der Waals surface area contributed by atoms with Crippen LogP contribution >= 0.6 is 0 Å². The highest BCUT2D eigenvalue weighted by atomic mass is 16.6. The molecule has 9 aromatic carbocycles. The van der Waals surface area contributed by atoms with Crippen LogP contribution in [0.4, 0.5) is 19.2 Å². The standard InChI is InChI=1S/C110H140N12O22/c1-13-17-35-71(15-3)65-121-101(129)79-49-47-77-92-88(140-60-58-138-56-54-112-96(124)70(6)116-100(128)86(62-74-39-25-20-26-40-74)118-98(126)84(120-108(136)144-110(10,11)12)46-32-34-52-114-106(134)142-68-76-43-29-22-30-44-76)64-82-90-80(102(130)122(104(82)132)66-72(16-4)36-18-14-2)50-48-78(94(90)92)91-87(63-81(103(121)131)89(79)93(77)91)139-59-57-137-55-53-111-95(123)69(5)115-99(127)85(61-73-37-23-19-24-38-73)117-97(125)83(119-107(135)143-109(7,8)9)45-31-33-51-113-105(133)141-67-75-41-27-21-28-42-75/h19-30,37-44,47-50,63-64,69-72,83-86H,13-18,31-36,45-46,51-62,65-68H2,1-12H3,(H,111,123)(H,112,124)(H,113,133)(H,114,134)(H,115,127)(H,116,128)(H,117,125)(H,118,126)(H,119,135)(H,120,136)/t69-,70-,71?,72?,83-,84-,85-,86-/m0/s1. The SMILES string of the molecule is CCCCC(CC)CN1C(=O)c2ccc3c4c(OCCOCCNC(=O)[C@H](C)NC(=O)[C@H](Cc5ccccc5)NC(=O)[C@H](CCCCNC(=O)OCc5ccccc5)NC(=O)OC(C)(C)C)cc5c6c(ccc(c7c(OCCOCCNC(=O)[C@H](C)NC(=O)[C@H](Cc8ccccc8)NC(=O)[C@H](CCCCNC(=O)OCc8ccccc8)NC(=O)OC(C)(C)C)cc(c2c37)C1=O)c64)C(=O)N(CC(CC)CCCC)C5=O. The Kier molecular flexibility index (Phi) is 41.3. The average molecular weight is 1980 g/mol. The first-order valence-corrected chi connectivity index (χ1v) is 50.3. The van der Waals surface area contributed by atoms with Crippen LogP contribution in [0.15, 0.2) is 158 Å². The summed E-state index contributed by atoms with van der Waals surface area (Å²) in [7, 11) is 0. The molecular weight excluding hydrogens is 1840 g/mol. The summed E-state index contributed by atoms with van der Waals surface area (Å²) in [5.41, 5.74) is 2.16. The van der Waals surface area contributed by atoms with Crippen molar-refractivity contribution in [3.05, 3.63) is 202 Å². The van der Waals surface area contributed by atoms with E-state index in [-0.39, 0.29) is 163 Å². The van der Waals surface area contributed by atoms with Gasteiger partial charge in [-0.3, -0.25) is 57.7 Å². The van der Waals surface area contributed by atoms with Gasteiger partial charge in [-0.1, -0.05) is 200 Å². The molecule has 0 radical (unpaired) electrons. The minimum absolute atomic E-state index is 0.00439. The van der Waals surface area contributed by atoms with Gasteiger partial charge in [-0.25, -0.2) is 19.2 Å². The van der Waals surface area contributed by atoms with E-state index in [0.717, 1.165) is 49.7 Å². The molecule has 11 rings (SSSR count). The van der Waals surface area contributed by atoms with E-state index in [0.29, 0.717) is 92.7 Å². The summed E-state index contributed by atoms with van der Waals surface area (Å²) in [4.78, 5) is 200. The molecule has 9 aromatic rings. The Morgan fingerprint density at radius 1 is 0.326 bits per heavy atom. The number of rotatable bonds is 56. The molecule has 2 aliphatic heterocycles. The number of alkyl carbamates (subject to hydrolysis) is 4. The number of imide groups is 2. The zero-order valence-electron chi connectivity index (χ0n) is 84.7. The average Bonchev–Trinajstić information content (AvgIpc) is 0.679. The molecule has 0 spiro atoms. The number of nitrogens with zero attached hydrogens (tertiary/aromatic N) is 2. The Labute approximate surface area is 841 Å². The summed E-state index contributed by atoms with van der Waals surface area (Å²) in [5.74, 6) is -5.44. The lowest BCUT2D eigenvalue weighted by Crippen LogP contribution is -2.57. The van der Waals surface area contributed by atoms with Crippen LogP contribution in [0.3, 0.4) is 0 Å². The normalized spacial score (nSPS) is 14.1. The van der Waals surface area contributed by atoms with E-state index in [1.165, 1.54) is 23.6 Å². The predicted molar refractivity (Wildman–Crippen MR) is 546 cm³/mol. The first-order valence-electron chi connectivity index (χ1n) is 50.3. The summed E-state index contributed by atoms with van der Waals surface area (Å²) < 4.78 is 47.6. The molecule has 34 nitrogen and oxygen atoms in total. The molecule has 0 aliphatic carbocycles. The second-order valence-electron chi connectivity index (χ2n) is 38.5. The molecule has 0 saturated carbocycles. The topological polar surface area (TPSA) is 440 Å². The predicted octanol–water partition coefficient (Wildman–Crippen LogP) is 14.8. The van der Waals surface area contributed by atoms with E-state index < -0.39 is 131 Å². The van der Waals surface area contributed by atoms with Crippen molar-refractivity contribution in [2.75, 3.05) is 78.9 Å². The van der Waals surface area contributed by atoms with Crippen molar-refractivity contribution in [3.8, 4) is 11.5 Å². The quantitative estimate of drug-likeness (QED) is 0.00556. The molecule has 0 bridgehead atoms. The van der Waals surface area contributed by atoms with Crippen LogP contribution in [0.25, 0.3) is 43.1 Å². The molecule has 0 saturated heterocycles. The fourth-order valence-corrected chi connectivity index (χ4v) is 17.6. The molecule has 2 heterocycles. The van der Waals surface area contributed by atoms with Crippen LogP contribution in [0.1, 0.15) is 237 Å². The van der Waals surface area contributed by atoms with Gasteiger partial charge in [0.25, 0.3) is 23.6 Å². The van der Waals surface area contributed by atoms with Gasteiger partial charge in [0.2, 0.25) is 35.4 Å². The Hall–Kier alpha value is -14.0.